The van der Waals surface area contributed by atoms with E-state index in [1.54, 1.807) is 6.07 Å². The van der Waals surface area contributed by atoms with Crippen LogP contribution < -0.4 is 5.32 Å². The number of likely N-dealkylation sites (N-methyl/N-ethyl adjacent to an activating group) is 1. The Labute approximate surface area is 116 Å². The zero-order valence-electron chi connectivity index (χ0n) is 12.5. The Morgan fingerprint density at radius 2 is 2.11 bits per heavy atom. The molecule has 0 aliphatic heterocycles. The van der Waals surface area contributed by atoms with Crippen LogP contribution in [-0.4, -0.2) is 36.7 Å². The third kappa shape index (κ3) is 3.48. The van der Waals surface area contributed by atoms with E-state index in [-0.39, 0.29) is 0 Å². The fourth-order valence-corrected chi connectivity index (χ4v) is 2.88. The maximum absolute atomic E-state index is 9.54. The second kappa shape index (κ2) is 5.93. The molecule has 2 N–H and O–H groups in total. The van der Waals surface area contributed by atoms with Crippen molar-refractivity contribution in [1.29, 1.82) is 0 Å². The van der Waals surface area contributed by atoms with Gasteiger partial charge in [0.25, 0.3) is 0 Å². The predicted molar refractivity (Wildman–Crippen MR) is 79.5 cm³/mol. The third-order valence-corrected chi connectivity index (χ3v) is 3.99. The molecule has 0 heterocycles. The SMILES string of the molecule is CC(C)C(CN(C)C)NC1CCc2cc(O)ccc21. The summed E-state index contributed by atoms with van der Waals surface area (Å²) < 4.78 is 0. The number of phenols is 1. The second-order valence-electron chi connectivity index (χ2n) is 6.25. The fraction of sp³-hybridized carbons (Fsp3) is 0.625. The monoisotopic (exact) mass is 262 g/mol. The van der Waals surface area contributed by atoms with Gasteiger partial charge in [-0.25, -0.2) is 0 Å². The van der Waals surface area contributed by atoms with E-state index in [4.69, 9.17) is 0 Å². The molecule has 106 valence electrons. The van der Waals surface area contributed by atoms with Crippen LogP contribution in [0.4, 0.5) is 0 Å². The Hall–Kier alpha value is -1.06. The highest BCUT2D eigenvalue weighted by molar-refractivity contribution is 5.40. The average molecular weight is 262 g/mol. The molecule has 0 bridgehead atoms. The van der Waals surface area contributed by atoms with Crippen LogP contribution in [0.5, 0.6) is 5.75 Å². The van der Waals surface area contributed by atoms with Crippen LogP contribution in [-0.2, 0) is 6.42 Å². The van der Waals surface area contributed by atoms with Gasteiger partial charge in [-0.05, 0) is 56.1 Å². The molecule has 1 aliphatic rings. The molecule has 0 spiro atoms. The maximum atomic E-state index is 9.54. The van der Waals surface area contributed by atoms with Crippen LogP contribution >= 0.6 is 0 Å². The summed E-state index contributed by atoms with van der Waals surface area (Å²) in [5.41, 5.74) is 2.66. The highest BCUT2D eigenvalue weighted by Gasteiger charge is 2.26. The lowest BCUT2D eigenvalue weighted by atomic mass is 10.0. The van der Waals surface area contributed by atoms with Gasteiger partial charge in [0.1, 0.15) is 5.75 Å². The fourth-order valence-electron chi connectivity index (χ4n) is 2.88. The summed E-state index contributed by atoms with van der Waals surface area (Å²) in [5.74, 6) is 0.997. The average Bonchev–Trinajstić information content (AvgIpc) is 2.70. The molecule has 0 amide bonds. The molecule has 19 heavy (non-hydrogen) atoms. The quantitative estimate of drug-likeness (QED) is 0.856. The molecule has 3 heteroatoms. The summed E-state index contributed by atoms with van der Waals surface area (Å²) in [6.07, 6.45) is 2.20. The molecule has 0 saturated heterocycles. The topological polar surface area (TPSA) is 35.5 Å². The number of hydrogen-bond acceptors (Lipinski definition) is 3. The van der Waals surface area contributed by atoms with Crippen LogP contribution in [0.2, 0.25) is 0 Å². The summed E-state index contributed by atoms with van der Waals surface area (Å²) in [6.45, 7) is 5.60. The highest BCUT2D eigenvalue weighted by Crippen LogP contribution is 2.33. The van der Waals surface area contributed by atoms with Gasteiger partial charge in [-0.1, -0.05) is 19.9 Å². The van der Waals surface area contributed by atoms with Crippen molar-refractivity contribution in [3.8, 4) is 5.75 Å². The van der Waals surface area contributed by atoms with Crippen LogP contribution in [0.25, 0.3) is 0 Å². The molecule has 1 aliphatic carbocycles. The zero-order chi connectivity index (χ0) is 14.0. The van der Waals surface area contributed by atoms with Crippen LogP contribution in [0.3, 0.4) is 0 Å². The van der Waals surface area contributed by atoms with Crippen molar-refractivity contribution in [3.63, 3.8) is 0 Å². The molecule has 2 rings (SSSR count). The summed E-state index contributed by atoms with van der Waals surface area (Å²) in [7, 11) is 4.25. The van der Waals surface area contributed by atoms with Crippen molar-refractivity contribution < 1.29 is 5.11 Å². The number of rotatable bonds is 5. The molecule has 0 saturated carbocycles. The van der Waals surface area contributed by atoms with E-state index in [0.29, 0.717) is 23.8 Å². The van der Waals surface area contributed by atoms with Crippen LogP contribution in [0, 0.1) is 5.92 Å². The van der Waals surface area contributed by atoms with E-state index in [1.807, 2.05) is 6.07 Å². The first-order valence-corrected chi connectivity index (χ1v) is 7.20. The van der Waals surface area contributed by atoms with Crippen molar-refractivity contribution in [2.24, 2.45) is 5.92 Å². The van der Waals surface area contributed by atoms with Gasteiger partial charge in [-0.2, -0.15) is 0 Å². The Morgan fingerprint density at radius 1 is 1.37 bits per heavy atom. The van der Waals surface area contributed by atoms with Gasteiger partial charge >= 0.3 is 0 Å². The van der Waals surface area contributed by atoms with E-state index >= 15 is 0 Å². The van der Waals surface area contributed by atoms with E-state index < -0.39 is 0 Å². The van der Waals surface area contributed by atoms with Gasteiger partial charge in [0.2, 0.25) is 0 Å². The number of phenolic OH excluding ortho intramolecular Hbond substituents is 1. The minimum Gasteiger partial charge on any atom is -0.508 e. The van der Waals surface area contributed by atoms with Crippen LogP contribution in [0.1, 0.15) is 37.4 Å². The molecule has 1 aromatic rings. The number of aryl methyl sites for hydroxylation is 1. The number of nitrogens with zero attached hydrogens (tertiary/aromatic N) is 1. The van der Waals surface area contributed by atoms with Crippen molar-refractivity contribution in [3.05, 3.63) is 29.3 Å². The first-order valence-electron chi connectivity index (χ1n) is 7.20. The summed E-state index contributed by atoms with van der Waals surface area (Å²) in [6, 6.07) is 6.72. The van der Waals surface area contributed by atoms with E-state index in [0.717, 1.165) is 19.4 Å². The normalized spacial score (nSPS) is 20.0. The zero-order valence-corrected chi connectivity index (χ0v) is 12.5. The molecule has 3 nitrogen and oxygen atoms in total. The molecule has 0 fully saturated rings. The summed E-state index contributed by atoms with van der Waals surface area (Å²) >= 11 is 0. The first kappa shape index (κ1) is 14.4. The molecule has 0 aromatic heterocycles. The minimum atomic E-state index is 0.383. The van der Waals surface area contributed by atoms with Gasteiger partial charge < -0.3 is 15.3 Å². The Kier molecular flexibility index (Phi) is 4.48. The van der Waals surface area contributed by atoms with Crippen molar-refractivity contribution in [2.75, 3.05) is 20.6 Å². The highest BCUT2D eigenvalue weighted by atomic mass is 16.3. The Balaban J connectivity index is 2.08. The van der Waals surface area contributed by atoms with E-state index in [2.05, 4.69) is 44.2 Å². The summed E-state index contributed by atoms with van der Waals surface area (Å²) in [5, 5.41) is 13.3. The number of nitrogens with one attached hydrogen (secondary N) is 1. The van der Waals surface area contributed by atoms with Crippen LogP contribution in [0.15, 0.2) is 18.2 Å². The van der Waals surface area contributed by atoms with Gasteiger partial charge in [0.15, 0.2) is 0 Å². The Morgan fingerprint density at radius 3 is 2.74 bits per heavy atom. The van der Waals surface area contributed by atoms with E-state index in [9.17, 15) is 5.11 Å². The third-order valence-electron chi connectivity index (χ3n) is 3.99. The largest absolute Gasteiger partial charge is 0.508 e. The molecule has 2 atom stereocenters. The second-order valence-corrected chi connectivity index (χ2v) is 6.25. The standard InChI is InChI=1S/C16H26N2O/c1-11(2)16(10-18(3)4)17-15-8-5-12-9-13(19)6-7-14(12)15/h6-7,9,11,15-17,19H,5,8,10H2,1-4H3. The lowest BCUT2D eigenvalue weighted by Gasteiger charge is -2.29. The Bertz CT molecular complexity index is 429. The van der Waals surface area contributed by atoms with Crippen molar-refractivity contribution in [1.82, 2.24) is 10.2 Å². The van der Waals surface area contributed by atoms with Crippen molar-refractivity contribution in [2.45, 2.75) is 38.8 Å². The molecular formula is C16H26N2O. The molecule has 0 radical (unpaired) electrons. The van der Waals surface area contributed by atoms with Crippen molar-refractivity contribution >= 4 is 0 Å². The minimum absolute atomic E-state index is 0.383. The predicted octanol–water partition coefficient (Wildman–Crippen LogP) is 2.56. The van der Waals surface area contributed by atoms with Gasteiger partial charge in [-0.15, -0.1) is 0 Å². The number of hydrogen-bond donors (Lipinski definition) is 2. The van der Waals surface area contributed by atoms with Gasteiger partial charge in [0, 0.05) is 18.6 Å². The molecular weight excluding hydrogens is 236 g/mol. The molecule has 2 unspecified atom stereocenters. The number of benzene rings is 1. The summed E-state index contributed by atoms with van der Waals surface area (Å²) in [4.78, 5) is 2.24. The number of aromatic hydroxyl groups is 1. The smallest absolute Gasteiger partial charge is 0.115 e. The van der Waals surface area contributed by atoms with Gasteiger partial charge in [0.05, 0.1) is 0 Å². The lowest BCUT2D eigenvalue weighted by Crippen LogP contribution is -2.43. The lowest BCUT2D eigenvalue weighted by molar-refractivity contribution is 0.268. The first-order chi connectivity index (χ1) is 8.97. The van der Waals surface area contributed by atoms with E-state index in [1.165, 1.54) is 11.1 Å². The molecule has 1 aromatic carbocycles. The van der Waals surface area contributed by atoms with Gasteiger partial charge in [-0.3, -0.25) is 0 Å². The maximum Gasteiger partial charge on any atom is 0.115 e. The number of fused-ring (bicyclic) bond motifs is 1.